The number of amides is 1. The molecule has 20 heavy (non-hydrogen) atoms. The topological polar surface area (TPSA) is 55.6 Å². The van der Waals surface area contributed by atoms with Gasteiger partial charge in [-0.1, -0.05) is 19.1 Å². The minimum atomic E-state index is 0.000252. The molecule has 0 saturated heterocycles. The molecule has 0 aliphatic carbocycles. The van der Waals surface area contributed by atoms with Crippen molar-refractivity contribution in [1.29, 1.82) is 0 Å². The van der Waals surface area contributed by atoms with Crippen LogP contribution in [0.15, 0.2) is 24.3 Å². The third kappa shape index (κ3) is 4.49. The van der Waals surface area contributed by atoms with Gasteiger partial charge in [-0.15, -0.1) is 0 Å². The van der Waals surface area contributed by atoms with Crippen molar-refractivity contribution >= 4 is 23.1 Å². The molecule has 0 saturated carbocycles. The fourth-order valence-electron chi connectivity index (χ4n) is 1.90. The summed E-state index contributed by atoms with van der Waals surface area (Å²) in [5.41, 5.74) is 6.31. The Labute approximate surface area is 125 Å². The van der Waals surface area contributed by atoms with Gasteiger partial charge in [-0.2, -0.15) is 0 Å². The SMILES string of the molecule is CCC(C)N(CC)C(=O)COc1ccc(C(N)=S)cc1. The average Bonchev–Trinajstić information content (AvgIpc) is 2.46. The number of ether oxygens (including phenoxy) is 1. The van der Waals surface area contributed by atoms with E-state index in [4.69, 9.17) is 22.7 Å². The molecule has 0 aliphatic rings. The number of hydrogen-bond donors (Lipinski definition) is 1. The normalized spacial score (nSPS) is 11.8. The van der Waals surface area contributed by atoms with Gasteiger partial charge in [-0.05, 0) is 44.5 Å². The first kappa shape index (κ1) is 16.4. The van der Waals surface area contributed by atoms with Crippen LogP contribution in [0.25, 0.3) is 0 Å². The molecule has 110 valence electrons. The second kappa shape index (κ2) is 7.85. The summed E-state index contributed by atoms with van der Waals surface area (Å²) in [5, 5.41) is 0. The molecule has 0 fully saturated rings. The van der Waals surface area contributed by atoms with Crippen molar-refractivity contribution in [2.45, 2.75) is 33.2 Å². The van der Waals surface area contributed by atoms with E-state index in [1.807, 2.05) is 18.7 Å². The Bertz CT molecular complexity index is 459. The van der Waals surface area contributed by atoms with Crippen molar-refractivity contribution in [2.75, 3.05) is 13.2 Å². The van der Waals surface area contributed by atoms with E-state index in [9.17, 15) is 4.79 Å². The highest BCUT2D eigenvalue weighted by Crippen LogP contribution is 2.13. The van der Waals surface area contributed by atoms with E-state index >= 15 is 0 Å². The maximum absolute atomic E-state index is 12.1. The van der Waals surface area contributed by atoms with Crippen LogP contribution in [0.5, 0.6) is 5.75 Å². The van der Waals surface area contributed by atoms with Gasteiger partial charge in [0.2, 0.25) is 0 Å². The van der Waals surface area contributed by atoms with Crippen molar-refractivity contribution in [3.8, 4) is 5.75 Å². The van der Waals surface area contributed by atoms with Gasteiger partial charge < -0.3 is 15.4 Å². The Balaban J connectivity index is 2.57. The molecule has 1 unspecified atom stereocenters. The minimum Gasteiger partial charge on any atom is -0.484 e. The van der Waals surface area contributed by atoms with Crippen LogP contribution >= 0.6 is 12.2 Å². The number of carbonyl (C=O) groups is 1. The summed E-state index contributed by atoms with van der Waals surface area (Å²) in [6, 6.07) is 7.33. The average molecular weight is 294 g/mol. The minimum absolute atomic E-state index is 0.000252. The third-order valence-electron chi connectivity index (χ3n) is 3.29. The Morgan fingerprint density at radius 3 is 2.40 bits per heavy atom. The molecule has 0 heterocycles. The maximum atomic E-state index is 12.1. The van der Waals surface area contributed by atoms with Crippen LogP contribution in [-0.2, 0) is 4.79 Å². The van der Waals surface area contributed by atoms with Crippen molar-refractivity contribution in [3.63, 3.8) is 0 Å². The van der Waals surface area contributed by atoms with Gasteiger partial charge in [0.15, 0.2) is 6.61 Å². The summed E-state index contributed by atoms with van der Waals surface area (Å²) in [4.78, 5) is 14.3. The van der Waals surface area contributed by atoms with Gasteiger partial charge in [-0.3, -0.25) is 4.79 Å². The summed E-state index contributed by atoms with van der Waals surface area (Å²) in [7, 11) is 0. The molecule has 1 aromatic rings. The largest absolute Gasteiger partial charge is 0.484 e. The zero-order chi connectivity index (χ0) is 15.1. The number of thiocarbonyl (C=S) groups is 1. The summed E-state index contributed by atoms with van der Waals surface area (Å²) >= 11 is 4.88. The Morgan fingerprint density at radius 1 is 1.35 bits per heavy atom. The van der Waals surface area contributed by atoms with Crippen LogP contribution in [0.3, 0.4) is 0 Å². The Kier molecular flexibility index (Phi) is 6.45. The highest BCUT2D eigenvalue weighted by molar-refractivity contribution is 7.80. The van der Waals surface area contributed by atoms with Gasteiger partial charge in [-0.25, -0.2) is 0 Å². The van der Waals surface area contributed by atoms with Crippen molar-refractivity contribution in [2.24, 2.45) is 5.73 Å². The molecule has 0 spiro atoms. The first-order valence-electron chi connectivity index (χ1n) is 6.81. The van der Waals surface area contributed by atoms with E-state index in [2.05, 4.69) is 6.92 Å². The van der Waals surface area contributed by atoms with Gasteiger partial charge in [0.25, 0.3) is 5.91 Å². The van der Waals surface area contributed by atoms with Crippen LogP contribution in [0.1, 0.15) is 32.8 Å². The van der Waals surface area contributed by atoms with E-state index in [0.29, 0.717) is 17.3 Å². The predicted octanol–water partition coefficient (Wildman–Crippen LogP) is 2.35. The quantitative estimate of drug-likeness (QED) is 0.784. The predicted molar refractivity (Wildman–Crippen MR) is 85.0 cm³/mol. The number of carbonyl (C=O) groups excluding carboxylic acids is 1. The molecule has 0 bridgehead atoms. The van der Waals surface area contributed by atoms with E-state index in [1.54, 1.807) is 24.3 Å². The molecule has 1 aromatic carbocycles. The van der Waals surface area contributed by atoms with Crippen LogP contribution < -0.4 is 10.5 Å². The molecule has 5 heteroatoms. The number of benzene rings is 1. The summed E-state index contributed by atoms with van der Waals surface area (Å²) in [6.45, 7) is 6.82. The zero-order valence-corrected chi connectivity index (χ0v) is 13.1. The fourth-order valence-corrected chi connectivity index (χ4v) is 2.03. The Morgan fingerprint density at radius 2 is 1.95 bits per heavy atom. The molecule has 4 nitrogen and oxygen atoms in total. The molecule has 0 radical (unpaired) electrons. The van der Waals surface area contributed by atoms with Crippen LogP contribution in [0, 0.1) is 0 Å². The summed E-state index contributed by atoms with van der Waals surface area (Å²) in [6.07, 6.45) is 0.933. The van der Waals surface area contributed by atoms with E-state index < -0.39 is 0 Å². The lowest BCUT2D eigenvalue weighted by Gasteiger charge is -2.27. The van der Waals surface area contributed by atoms with Gasteiger partial charge in [0.05, 0.1) is 0 Å². The van der Waals surface area contributed by atoms with Gasteiger partial charge in [0.1, 0.15) is 10.7 Å². The summed E-state index contributed by atoms with van der Waals surface area (Å²) in [5.74, 6) is 0.638. The summed E-state index contributed by atoms with van der Waals surface area (Å²) < 4.78 is 5.50. The molecular formula is C15H22N2O2S. The standard InChI is InChI=1S/C15H22N2O2S/c1-4-11(3)17(5-2)14(18)10-19-13-8-6-12(7-9-13)15(16)20/h6-9,11H,4-5,10H2,1-3H3,(H2,16,20). The van der Waals surface area contributed by atoms with Crippen molar-refractivity contribution < 1.29 is 9.53 Å². The number of likely N-dealkylation sites (N-methyl/N-ethyl adjacent to an activating group) is 1. The maximum Gasteiger partial charge on any atom is 0.260 e. The second-order valence-electron chi connectivity index (χ2n) is 4.61. The second-order valence-corrected chi connectivity index (χ2v) is 5.05. The zero-order valence-electron chi connectivity index (χ0n) is 12.3. The van der Waals surface area contributed by atoms with Crippen molar-refractivity contribution in [3.05, 3.63) is 29.8 Å². The fraction of sp³-hybridized carbons (Fsp3) is 0.467. The first-order valence-corrected chi connectivity index (χ1v) is 7.22. The number of hydrogen-bond acceptors (Lipinski definition) is 3. The van der Waals surface area contributed by atoms with Crippen LogP contribution in [0.4, 0.5) is 0 Å². The molecule has 2 N–H and O–H groups in total. The number of nitrogens with two attached hydrogens (primary N) is 1. The first-order chi connectivity index (χ1) is 9.49. The molecule has 1 atom stereocenters. The number of rotatable bonds is 7. The van der Waals surface area contributed by atoms with Crippen molar-refractivity contribution in [1.82, 2.24) is 4.90 Å². The van der Waals surface area contributed by atoms with Crippen LogP contribution in [-0.4, -0.2) is 35.0 Å². The molecule has 0 aliphatic heterocycles. The molecular weight excluding hydrogens is 272 g/mol. The Hall–Kier alpha value is -1.62. The van der Waals surface area contributed by atoms with Crippen LogP contribution in [0.2, 0.25) is 0 Å². The monoisotopic (exact) mass is 294 g/mol. The molecule has 1 rings (SSSR count). The highest BCUT2D eigenvalue weighted by atomic mass is 32.1. The lowest BCUT2D eigenvalue weighted by Crippen LogP contribution is -2.40. The lowest BCUT2D eigenvalue weighted by atomic mass is 10.2. The lowest BCUT2D eigenvalue weighted by molar-refractivity contribution is -0.135. The van der Waals surface area contributed by atoms with Gasteiger partial charge in [0, 0.05) is 18.2 Å². The van der Waals surface area contributed by atoms with E-state index in [1.165, 1.54) is 0 Å². The van der Waals surface area contributed by atoms with E-state index in [0.717, 1.165) is 12.0 Å². The van der Waals surface area contributed by atoms with Gasteiger partial charge >= 0.3 is 0 Å². The smallest absolute Gasteiger partial charge is 0.260 e. The highest BCUT2D eigenvalue weighted by Gasteiger charge is 2.17. The van der Waals surface area contributed by atoms with E-state index in [-0.39, 0.29) is 18.6 Å². The number of nitrogens with zero attached hydrogens (tertiary/aromatic N) is 1. The molecule has 1 amide bonds. The third-order valence-corrected chi connectivity index (χ3v) is 3.52. The molecule has 0 aromatic heterocycles.